The summed E-state index contributed by atoms with van der Waals surface area (Å²) in [5.41, 5.74) is 4.15. The molecule has 14 heavy (non-hydrogen) atoms. The molecule has 0 saturated carbocycles. The second-order valence-corrected chi connectivity index (χ2v) is 3.80. The standard InChI is InChI=1S/C14H18/c1-12(2)13(3)8-7-11-14-9-5-4-6-10-14/h4-7,9-11H,8H2,1-3H3. The molecule has 0 aromatic heterocycles. The van der Waals surface area contributed by atoms with Crippen LogP contribution in [0.25, 0.3) is 6.08 Å². The Bertz CT molecular complexity index is 324. The summed E-state index contributed by atoms with van der Waals surface area (Å²) in [4.78, 5) is 0. The average molecular weight is 186 g/mol. The molecule has 0 unspecified atom stereocenters. The van der Waals surface area contributed by atoms with Crippen LogP contribution in [0.5, 0.6) is 0 Å². The first-order valence-corrected chi connectivity index (χ1v) is 5.04. The van der Waals surface area contributed by atoms with Gasteiger partial charge >= 0.3 is 0 Å². The van der Waals surface area contributed by atoms with Crippen LogP contribution in [0.2, 0.25) is 0 Å². The van der Waals surface area contributed by atoms with Gasteiger partial charge in [0.1, 0.15) is 0 Å². The summed E-state index contributed by atoms with van der Waals surface area (Å²) in [6.07, 6.45) is 5.45. The van der Waals surface area contributed by atoms with Crippen LogP contribution < -0.4 is 0 Å². The fourth-order valence-electron chi connectivity index (χ4n) is 1.14. The molecule has 0 saturated heterocycles. The summed E-state index contributed by atoms with van der Waals surface area (Å²) in [5, 5.41) is 0. The largest absolute Gasteiger partial charge is 0.0799 e. The molecule has 1 aromatic carbocycles. The van der Waals surface area contributed by atoms with Crippen molar-refractivity contribution < 1.29 is 0 Å². The van der Waals surface area contributed by atoms with E-state index in [2.05, 4.69) is 57.2 Å². The fourth-order valence-corrected chi connectivity index (χ4v) is 1.14. The van der Waals surface area contributed by atoms with E-state index < -0.39 is 0 Å². The molecule has 0 N–H and O–H groups in total. The van der Waals surface area contributed by atoms with Crippen molar-refractivity contribution >= 4 is 6.08 Å². The highest BCUT2D eigenvalue weighted by molar-refractivity contribution is 5.49. The Kier molecular flexibility index (Phi) is 4.18. The maximum Gasteiger partial charge on any atom is -0.0136 e. The highest BCUT2D eigenvalue weighted by Crippen LogP contribution is 2.09. The second-order valence-electron chi connectivity index (χ2n) is 3.80. The van der Waals surface area contributed by atoms with E-state index in [1.807, 2.05) is 6.07 Å². The number of hydrogen-bond donors (Lipinski definition) is 0. The van der Waals surface area contributed by atoms with Crippen molar-refractivity contribution in [3.8, 4) is 0 Å². The molecule has 0 heteroatoms. The zero-order chi connectivity index (χ0) is 10.4. The summed E-state index contributed by atoms with van der Waals surface area (Å²) in [6.45, 7) is 6.50. The third kappa shape index (κ3) is 3.61. The fraction of sp³-hybridized carbons (Fsp3) is 0.286. The lowest BCUT2D eigenvalue weighted by molar-refractivity contribution is 1.14. The summed E-state index contributed by atoms with van der Waals surface area (Å²) in [5.74, 6) is 0. The Labute approximate surface area is 87.0 Å². The SMILES string of the molecule is CC(C)=C(C)CC=Cc1ccccc1. The molecule has 0 spiro atoms. The van der Waals surface area contributed by atoms with E-state index in [1.54, 1.807) is 0 Å². The van der Waals surface area contributed by atoms with Gasteiger partial charge in [-0.25, -0.2) is 0 Å². The van der Waals surface area contributed by atoms with Gasteiger partial charge in [-0.05, 0) is 32.8 Å². The van der Waals surface area contributed by atoms with Gasteiger partial charge in [0.25, 0.3) is 0 Å². The predicted octanol–water partition coefficient (Wildman–Crippen LogP) is 4.45. The van der Waals surface area contributed by atoms with Gasteiger partial charge in [-0.15, -0.1) is 0 Å². The van der Waals surface area contributed by atoms with Crippen LogP contribution >= 0.6 is 0 Å². The van der Waals surface area contributed by atoms with E-state index in [0.29, 0.717) is 0 Å². The zero-order valence-corrected chi connectivity index (χ0v) is 9.25. The molecular weight excluding hydrogens is 168 g/mol. The topological polar surface area (TPSA) is 0 Å². The van der Waals surface area contributed by atoms with Crippen LogP contribution in [0, 0.1) is 0 Å². The molecule has 0 radical (unpaired) electrons. The van der Waals surface area contributed by atoms with Crippen molar-refractivity contribution in [1.29, 1.82) is 0 Å². The molecule has 0 heterocycles. The molecule has 1 rings (SSSR count). The van der Waals surface area contributed by atoms with Crippen LogP contribution in [-0.2, 0) is 0 Å². The monoisotopic (exact) mass is 186 g/mol. The molecule has 0 fully saturated rings. The predicted molar refractivity (Wildman–Crippen MR) is 64.1 cm³/mol. The average Bonchev–Trinajstić information content (AvgIpc) is 2.19. The molecule has 0 atom stereocenters. The minimum absolute atomic E-state index is 1.05. The van der Waals surface area contributed by atoms with Gasteiger partial charge < -0.3 is 0 Å². The number of rotatable bonds is 3. The molecule has 0 bridgehead atoms. The van der Waals surface area contributed by atoms with Gasteiger partial charge in [0.05, 0.1) is 0 Å². The van der Waals surface area contributed by atoms with Crippen molar-refractivity contribution in [2.24, 2.45) is 0 Å². The first-order chi connectivity index (χ1) is 6.70. The Hall–Kier alpha value is -1.30. The zero-order valence-electron chi connectivity index (χ0n) is 9.25. The van der Waals surface area contributed by atoms with Crippen molar-refractivity contribution in [2.75, 3.05) is 0 Å². The third-order valence-corrected chi connectivity index (χ3v) is 2.39. The van der Waals surface area contributed by atoms with E-state index in [9.17, 15) is 0 Å². The minimum atomic E-state index is 1.05. The van der Waals surface area contributed by atoms with Gasteiger partial charge in [0.15, 0.2) is 0 Å². The quantitative estimate of drug-likeness (QED) is 0.612. The maximum atomic E-state index is 2.22. The molecule has 0 nitrogen and oxygen atoms in total. The van der Waals surface area contributed by atoms with Crippen molar-refractivity contribution in [2.45, 2.75) is 27.2 Å². The molecule has 74 valence electrons. The van der Waals surface area contributed by atoms with Gasteiger partial charge in [0, 0.05) is 0 Å². The Morgan fingerprint density at radius 1 is 1.07 bits per heavy atom. The van der Waals surface area contributed by atoms with Gasteiger partial charge in [-0.3, -0.25) is 0 Å². The molecule has 0 amide bonds. The maximum absolute atomic E-state index is 2.22. The molecule has 0 aliphatic carbocycles. The van der Waals surface area contributed by atoms with Crippen molar-refractivity contribution in [1.82, 2.24) is 0 Å². The van der Waals surface area contributed by atoms with Crippen molar-refractivity contribution in [3.63, 3.8) is 0 Å². The van der Waals surface area contributed by atoms with Crippen LogP contribution in [0.3, 0.4) is 0 Å². The third-order valence-electron chi connectivity index (χ3n) is 2.39. The summed E-state index contributed by atoms with van der Waals surface area (Å²) >= 11 is 0. The van der Waals surface area contributed by atoms with E-state index in [-0.39, 0.29) is 0 Å². The first-order valence-electron chi connectivity index (χ1n) is 5.04. The lowest BCUT2D eigenvalue weighted by Crippen LogP contribution is -1.77. The van der Waals surface area contributed by atoms with E-state index in [4.69, 9.17) is 0 Å². The van der Waals surface area contributed by atoms with E-state index in [0.717, 1.165) is 6.42 Å². The number of hydrogen-bond acceptors (Lipinski definition) is 0. The number of benzene rings is 1. The second kappa shape index (κ2) is 5.43. The van der Waals surface area contributed by atoms with E-state index in [1.165, 1.54) is 16.7 Å². The lowest BCUT2D eigenvalue weighted by Gasteiger charge is -1.98. The minimum Gasteiger partial charge on any atom is -0.0799 e. The highest BCUT2D eigenvalue weighted by atomic mass is 13.9. The Balaban J connectivity index is 2.55. The van der Waals surface area contributed by atoms with Gasteiger partial charge in [0.2, 0.25) is 0 Å². The van der Waals surface area contributed by atoms with E-state index >= 15 is 0 Å². The summed E-state index contributed by atoms with van der Waals surface area (Å²) in [6, 6.07) is 10.4. The molecule has 0 aliphatic heterocycles. The van der Waals surface area contributed by atoms with Crippen molar-refractivity contribution in [3.05, 3.63) is 53.1 Å². The molecule has 0 aliphatic rings. The normalized spacial score (nSPS) is 10.5. The number of allylic oxidation sites excluding steroid dienone is 3. The summed E-state index contributed by atoms with van der Waals surface area (Å²) in [7, 11) is 0. The van der Waals surface area contributed by atoms with Gasteiger partial charge in [-0.2, -0.15) is 0 Å². The first kappa shape index (κ1) is 10.8. The Morgan fingerprint density at radius 2 is 1.71 bits per heavy atom. The van der Waals surface area contributed by atoms with Crippen LogP contribution in [0.4, 0.5) is 0 Å². The Morgan fingerprint density at radius 3 is 2.29 bits per heavy atom. The van der Waals surface area contributed by atoms with Crippen LogP contribution in [0.15, 0.2) is 47.6 Å². The lowest BCUT2D eigenvalue weighted by atomic mass is 10.1. The molecule has 1 aromatic rings. The van der Waals surface area contributed by atoms with Gasteiger partial charge in [-0.1, -0.05) is 53.6 Å². The summed E-state index contributed by atoms with van der Waals surface area (Å²) < 4.78 is 0. The smallest absolute Gasteiger partial charge is 0.0136 e. The van der Waals surface area contributed by atoms with Crippen LogP contribution in [0.1, 0.15) is 32.8 Å². The molecular formula is C14H18. The van der Waals surface area contributed by atoms with Crippen LogP contribution in [-0.4, -0.2) is 0 Å². The highest BCUT2D eigenvalue weighted by Gasteiger charge is 1.88.